The Balaban J connectivity index is 1.88. The fraction of sp³-hybridized carbons (Fsp3) is 0.444. The van der Waals surface area contributed by atoms with Gasteiger partial charge in [0.15, 0.2) is 0 Å². The number of anilines is 3. The average molecular weight is 391 g/mol. The fourth-order valence-electron chi connectivity index (χ4n) is 3.55. The smallest absolute Gasteiger partial charge is 0.353 e. The molecule has 2 heterocycles. The van der Waals surface area contributed by atoms with Crippen LogP contribution in [0.3, 0.4) is 0 Å². The lowest BCUT2D eigenvalue weighted by Gasteiger charge is -2.35. The molecule has 1 saturated heterocycles. The summed E-state index contributed by atoms with van der Waals surface area (Å²) in [5.41, 5.74) is 6.67. The second-order valence-electron chi connectivity index (χ2n) is 7.19. The number of hydrogen-bond donors (Lipinski definition) is 2. The molecule has 0 bridgehead atoms. The summed E-state index contributed by atoms with van der Waals surface area (Å²) in [7, 11) is 0. The van der Waals surface area contributed by atoms with E-state index in [0.717, 1.165) is 12.0 Å². The molecule has 0 spiro atoms. The topological polar surface area (TPSA) is 110 Å². The molecule has 27 heavy (non-hydrogen) atoms. The van der Waals surface area contributed by atoms with Crippen LogP contribution in [0.15, 0.2) is 24.3 Å². The molecule has 1 aliphatic heterocycles. The van der Waals surface area contributed by atoms with E-state index in [2.05, 4.69) is 29.1 Å². The van der Waals surface area contributed by atoms with Gasteiger partial charge in [-0.05, 0) is 36.0 Å². The van der Waals surface area contributed by atoms with E-state index in [1.165, 1.54) is 0 Å². The van der Waals surface area contributed by atoms with Crippen molar-refractivity contribution in [3.63, 3.8) is 0 Å². The Morgan fingerprint density at radius 2 is 1.89 bits per heavy atom. The number of aromatic nitrogens is 2. The van der Waals surface area contributed by atoms with Gasteiger partial charge < -0.3 is 16.0 Å². The summed E-state index contributed by atoms with van der Waals surface area (Å²) in [6, 6.07) is 7.37. The third-order valence-electron chi connectivity index (χ3n) is 4.61. The van der Waals surface area contributed by atoms with Crippen LogP contribution in [-0.2, 0) is 6.54 Å². The van der Waals surface area contributed by atoms with E-state index in [4.69, 9.17) is 17.3 Å². The second-order valence-corrected chi connectivity index (χ2v) is 7.63. The number of nitrogen functional groups attached to an aromatic ring is 1. The Morgan fingerprint density at radius 3 is 2.48 bits per heavy atom. The molecule has 9 heteroatoms. The van der Waals surface area contributed by atoms with Crippen molar-refractivity contribution in [1.29, 1.82) is 0 Å². The van der Waals surface area contributed by atoms with Crippen molar-refractivity contribution in [3.8, 4) is 0 Å². The van der Waals surface area contributed by atoms with Crippen LogP contribution in [0.4, 0.5) is 23.3 Å². The highest BCUT2D eigenvalue weighted by molar-refractivity contribution is 6.30. The molecule has 2 atom stereocenters. The van der Waals surface area contributed by atoms with Gasteiger partial charge in [0, 0.05) is 24.7 Å². The first-order valence-electron chi connectivity index (χ1n) is 8.88. The highest BCUT2D eigenvalue weighted by Gasteiger charge is 2.31. The van der Waals surface area contributed by atoms with E-state index in [0.29, 0.717) is 36.5 Å². The molecule has 0 aliphatic carbocycles. The first-order chi connectivity index (χ1) is 12.8. The highest BCUT2D eigenvalue weighted by atomic mass is 35.5. The number of nitrogens with zero attached hydrogens (tertiary/aromatic N) is 4. The van der Waals surface area contributed by atoms with Gasteiger partial charge in [0.25, 0.3) is 0 Å². The number of piperidine rings is 1. The van der Waals surface area contributed by atoms with E-state index < -0.39 is 4.92 Å². The molecule has 0 saturated carbocycles. The quantitative estimate of drug-likeness (QED) is 0.591. The minimum atomic E-state index is -0.502. The SMILES string of the molecule is CC1CC(C)CN(c2nc(NCc3ccc(Cl)cc3)nc(N)c2[N+](=O)[O-])C1. The van der Waals surface area contributed by atoms with Crippen LogP contribution >= 0.6 is 11.6 Å². The summed E-state index contributed by atoms with van der Waals surface area (Å²) in [4.78, 5) is 21.5. The molecule has 2 aromatic rings. The van der Waals surface area contributed by atoms with Crippen molar-refractivity contribution < 1.29 is 4.92 Å². The maximum Gasteiger partial charge on any atom is 0.353 e. The zero-order chi connectivity index (χ0) is 19.6. The van der Waals surface area contributed by atoms with Gasteiger partial charge in [-0.25, -0.2) is 0 Å². The number of halogens is 1. The van der Waals surface area contributed by atoms with Crippen molar-refractivity contribution >= 4 is 34.9 Å². The summed E-state index contributed by atoms with van der Waals surface area (Å²) < 4.78 is 0. The highest BCUT2D eigenvalue weighted by Crippen LogP contribution is 2.35. The summed E-state index contributed by atoms with van der Waals surface area (Å²) in [5.74, 6) is 1.28. The molecule has 1 aromatic carbocycles. The summed E-state index contributed by atoms with van der Waals surface area (Å²) in [6.07, 6.45) is 1.09. The molecule has 3 N–H and O–H groups in total. The maximum absolute atomic E-state index is 11.6. The van der Waals surface area contributed by atoms with Crippen LogP contribution in [0, 0.1) is 22.0 Å². The Morgan fingerprint density at radius 1 is 1.26 bits per heavy atom. The predicted molar refractivity (Wildman–Crippen MR) is 107 cm³/mol. The monoisotopic (exact) mass is 390 g/mol. The molecule has 0 amide bonds. The number of nitro groups is 1. The summed E-state index contributed by atoms with van der Waals surface area (Å²) in [6.45, 7) is 6.15. The van der Waals surface area contributed by atoms with Crippen LogP contribution in [-0.4, -0.2) is 28.0 Å². The van der Waals surface area contributed by atoms with E-state index >= 15 is 0 Å². The third-order valence-corrected chi connectivity index (χ3v) is 4.86. The van der Waals surface area contributed by atoms with Gasteiger partial charge in [-0.1, -0.05) is 37.6 Å². The first-order valence-corrected chi connectivity index (χ1v) is 9.26. The fourth-order valence-corrected chi connectivity index (χ4v) is 3.68. The molecule has 8 nitrogen and oxygen atoms in total. The number of rotatable bonds is 5. The van der Waals surface area contributed by atoms with Crippen LogP contribution in [0.1, 0.15) is 25.8 Å². The van der Waals surface area contributed by atoms with Crippen molar-refractivity contribution in [2.24, 2.45) is 11.8 Å². The van der Waals surface area contributed by atoms with E-state index in [9.17, 15) is 10.1 Å². The standard InChI is InChI=1S/C18H23ClN6O2/c1-11-7-12(2)10-24(9-11)17-15(25(26)27)16(20)22-18(23-17)21-8-13-3-5-14(19)6-4-13/h3-6,11-12H,7-10H2,1-2H3,(H3,20,21,22,23). The normalized spacial score (nSPS) is 19.7. The molecule has 0 radical (unpaired) electrons. The molecule has 1 aromatic heterocycles. The Bertz CT molecular complexity index is 819. The zero-order valence-corrected chi connectivity index (χ0v) is 16.1. The molecule has 2 unspecified atom stereocenters. The summed E-state index contributed by atoms with van der Waals surface area (Å²) >= 11 is 5.90. The number of nitrogens with two attached hydrogens (primary N) is 1. The van der Waals surface area contributed by atoms with Crippen LogP contribution in [0.5, 0.6) is 0 Å². The second kappa shape index (κ2) is 7.96. The van der Waals surface area contributed by atoms with Crippen molar-refractivity contribution in [3.05, 3.63) is 45.0 Å². The van der Waals surface area contributed by atoms with Gasteiger partial charge in [-0.15, -0.1) is 0 Å². The van der Waals surface area contributed by atoms with E-state index in [1.807, 2.05) is 17.0 Å². The van der Waals surface area contributed by atoms with Gasteiger partial charge in [0.05, 0.1) is 4.92 Å². The van der Waals surface area contributed by atoms with Crippen molar-refractivity contribution in [2.45, 2.75) is 26.8 Å². The van der Waals surface area contributed by atoms with Crippen LogP contribution in [0.25, 0.3) is 0 Å². The minimum Gasteiger partial charge on any atom is -0.378 e. The first kappa shape index (κ1) is 19.2. The third kappa shape index (κ3) is 4.57. The zero-order valence-electron chi connectivity index (χ0n) is 15.4. The molecule has 1 fully saturated rings. The van der Waals surface area contributed by atoms with Crippen molar-refractivity contribution in [2.75, 3.05) is 29.0 Å². The van der Waals surface area contributed by atoms with Gasteiger partial charge in [-0.3, -0.25) is 10.1 Å². The molecular weight excluding hydrogens is 368 g/mol. The Labute approximate surface area is 162 Å². The molecule has 1 aliphatic rings. The molecule has 3 rings (SSSR count). The Kier molecular flexibility index (Phi) is 5.65. The lowest BCUT2D eigenvalue weighted by atomic mass is 9.92. The summed E-state index contributed by atoms with van der Waals surface area (Å²) in [5, 5.41) is 15.3. The number of hydrogen-bond acceptors (Lipinski definition) is 7. The van der Waals surface area contributed by atoms with Gasteiger partial charge in [-0.2, -0.15) is 9.97 Å². The van der Waals surface area contributed by atoms with Crippen molar-refractivity contribution in [1.82, 2.24) is 9.97 Å². The number of benzene rings is 1. The molecular formula is C18H23ClN6O2. The van der Waals surface area contributed by atoms with Gasteiger partial charge in [0.1, 0.15) is 0 Å². The Hall–Kier alpha value is -2.61. The predicted octanol–water partition coefficient (Wildman–Crippen LogP) is 3.71. The van der Waals surface area contributed by atoms with E-state index in [-0.39, 0.29) is 23.3 Å². The largest absolute Gasteiger partial charge is 0.378 e. The maximum atomic E-state index is 11.6. The lowest BCUT2D eigenvalue weighted by Crippen LogP contribution is -2.39. The van der Waals surface area contributed by atoms with Crippen LogP contribution in [0.2, 0.25) is 5.02 Å². The van der Waals surface area contributed by atoms with Gasteiger partial charge >= 0.3 is 5.69 Å². The van der Waals surface area contributed by atoms with Crippen LogP contribution < -0.4 is 16.0 Å². The average Bonchev–Trinajstić information content (AvgIpc) is 2.59. The minimum absolute atomic E-state index is 0.130. The lowest BCUT2D eigenvalue weighted by molar-refractivity contribution is -0.383. The van der Waals surface area contributed by atoms with E-state index in [1.54, 1.807) is 12.1 Å². The van der Waals surface area contributed by atoms with Gasteiger partial charge in [0.2, 0.25) is 17.6 Å². The molecule has 144 valence electrons. The number of nitrogens with one attached hydrogen (secondary N) is 1.